The largest absolute Gasteiger partial charge is 0.481 e. The zero-order valence-electron chi connectivity index (χ0n) is 13.2. The van der Waals surface area contributed by atoms with Gasteiger partial charge in [-0.05, 0) is 24.2 Å². The summed E-state index contributed by atoms with van der Waals surface area (Å²) >= 11 is 0. The highest BCUT2D eigenvalue weighted by Gasteiger charge is 2.46. The number of nitrogens with zero attached hydrogens (tertiary/aromatic N) is 1. The highest BCUT2D eigenvalue weighted by molar-refractivity contribution is 5.75. The number of carboxylic acids is 1. The maximum Gasteiger partial charge on any atom is 0.317 e. The summed E-state index contributed by atoms with van der Waals surface area (Å²) in [6.07, 6.45) is 1.36. The minimum Gasteiger partial charge on any atom is -0.481 e. The van der Waals surface area contributed by atoms with Gasteiger partial charge in [-0.1, -0.05) is 20.8 Å². The molecule has 3 N–H and O–H groups in total. The fourth-order valence-corrected chi connectivity index (χ4v) is 3.56. The fraction of sp³-hybridized carbons (Fsp3) is 0.867. The van der Waals surface area contributed by atoms with Gasteiger partial charge < -0.3 is 20.6 Å². The molecular weight excluding hydrogens is 270 g/mol. The maximum atomic E-state index is 12.3. The summed E-state index contributed by atoms with van der Waals surface area (Å²) in [6.45, 7) is 9.18. The van der Waals surface area contributed by atoms with Crippen molar-refractivity contribution in [3.05, 3.63) is 0 Å². The predicted octanol–water partition coefficient (Wildman–Crippen LogP) is 1.13. The van der Waals surface area contributed by atoms with Gasteiger partial charge in [0.2, 0.25) is 0 Å². The van der Waals surface area contributed by atoms with E-state index in [1.54, 1.807) is 0 Å². The molecule has 0 spiro atoms. The third-order valence-corrected chi connectivity index (χ3v) is 5.45. The molecule has 1 aliphatic heterocycles. The Morgan fingerprint density at radius 2 is 1.86 bits per heavy atom. The van der Waals surface area contributed by atoms with E-state index >= 15 is 0 Å². The first-order chi connectivity index (χ1) is 9.84. The molecule has 2 aliphatic rings. The summed E-state index contributed by atoms with van der Waals surface area (Å²) in [5.74, 6) is -0.919. The highest BCUT2D eigenvalue weighted by Crippen LogP contribution is 2.45. The van der Waals surface area contributed by atoms with E-state index in [0.717, 1.165) is 32.6 Å². The van der Waals surface area contributed by atoms with Gasteiger partial charge in [-0.15, -0.1) is 0 Å². The number of carbonyl (C=O) groups excluding carboxylic acids is 1. The van der Waals surface area contributed by atoms with Crippen molar-refractivity contribution in [2.45, 2.75) is 39.7 Å². The molecule has 2 amide bonds. The van der Waals surface area contributed by atoms with Crippen LogP contribution in [0.1, 0.15) is 33.6 Å². The van der Waals surface area contributed by atoms with Crippen molar-refractivity contribution in [3.63, 3.8) is 0 Å². The van der Waals surface area contributed by atoms with Crippen LogP contribution in [0.25, 0.3) is 0 Å². The number of nitrogens with one attached hydrogen (secondary N) is 2. The Morgan fingerprint density at radius 1 is 1.24 bits per heavy atom. The molecule has 0 aromatic carbocycles. The first-order valence-electron chi connectivity index (χ1n) is 7.83. The SMILES string of the molecule is CC1C(NC(=O)N2CCNCC2)CCC(C(=O)O)C1(C)C. The topological polar surface area (TPSA) is 81.7 Å². The first kappa shape index (κ1) is 16.1. The zero-order chi connectivity index (χ0) is 15.6. The maximum absolute atomic E-state index is 12.3. The molecule has 2 fully saturated rings. The summed E-state index contributed by atoms with van der Waals surface area (Å²) in [7, 11) is 0. The lowest BCUT2D eigenvalue weighted by molar-refractivity contribution is -0.150. The molecule has 1 saturated carbocycles. The lowest BCUT2D eigenvalue weighted by Gasteiger charge is -2.46. The van der Waals surface area contributed by atoms with Crippen molar-refractivity contribution in [1.29, 1.82) is 0 Å². The second-order valence-electron chi connectivity index (χ2n) is 6.87. The molecule has 0 aromatic rings. The van der Waals surface area contributed by atoms with Crippen LogP contribution in [0.15, 0.2) is 0 Å². The van der Waals surface area contributed by atoms with Gasteiger partial charge in [-0.25, -0.2) is 4.79 Å². The van der Waals surface area contributed by atoms with Crippen LogP contribution in [0.2, 0.25) is 0 Å². The Morgan fingerprint density at radius 3 is 2.43 bits per heavy atom. The van der Waals surface area contributed by atoms with Crippen LogP contribution in [-0.2, 0) is 4.79 Å². The molecular formula is C15H27N3O3. The first-order valence-corrected chi connectivity index (χ1v) is 7.83. The average Bonchev–Trinajstić information content (AvgIpc) is 2.44. The van der Waals surface area contributed by atoms with E-state index in [2.05, 4.69) is 17.6 Å². The minimum atomic E-state index is -0.723. The van der Waals surface area contributed by atoms with Gasteiger partial charge in [0.05, 0.1) is 5.92 Å². The second kappa shape index (κ2) is 6.22. The van der Waals surface area contributed by atoms with Crippen LogP contribution >= 0.6 is 0 Å². The molecule has 1 heterocycles. The molecule has 3 atom stereocenters. The van der Waals surface area contributed by atoms with Gasteiger partial charge in [-0.3, -0.25) is 4.79 Å². The molecule has 0 bridgehead atoms. The van der Waals surface area contributed by atoms with E-state index in [4.69, 9.17) is 0 Å². The van der Waals surface area contributed by atoms with E-state index < -0.39 is 5.97 Å². The van der Waals surface area contributed by atoms with E-state index in [-0.39, 0.29) is 29.3 Å². The van der Waals surface area contributed by atoms with Crippen molar-refractivity contribution < 1.29 is 14.7 Å². The minimum absolute atomic E-state index is 0.0158. The normalized spacial score (nSPS) is 32.5. The van der Waals surface area contributed by atoms with Crippen LogP contribution in [0.5, 0.6) is 0 Å². The van der Waals surface area contributed by atoms with E-state index in [1.807, 2.05) is 18.7 Å². The number of amides is 2. The smallest absolute Gasteiger partial charge is 0.317 e. The number of hydrogen-bond acceptors (Lipinski definition) is 3. The third kappa shape index (κ3) is 3.31. The van der Waals surface area contributed by atoms with Gasteiger partial charge >= 0.3 is 12.0 Å². The summed E-state index contributed by atoms with van der Waals surface area (Å²) < 4.78 is 0. The van der Waals surface area contributed by atoms with Crippen molar-refractivity contribution in [1.82, 2.24) is 15.5 Å². The van der Waals surface area contributed by atoms with Crippen LogP contribution in [0, 0.1) is 17.3 Å². The van der Waals surface area contributed by atoms with Crippen molar-refractivity contribution in [2.24, 2.45) is 17.3 Å². The molecule has 6 heteroatoms. The number of piperazine rings is 1. The molecule has 0 aromatic heterocycles. The van der Waals surface area contributed by atoms with Gasteiger partial charge in [0.1, 0.15) is 0 Å². The van der Waals surface area contributed by atoms with Crippen molar-refractivity contribution >= 4 is 12.0 Å². The lowest BCUT2D eigenvalue weighted by Crippen LogP contribution is -2.57. The third-order valence-electron chi connectivity index (χ3n) is 5.45. The van der Waals surface area contributed by atoms with Gasteiger partial charge in [0, 0.05) is 32.2 Å². The second-order valence-corrected chi connectivity index (χ2v) is 6.87. The fourth-order valence-electron chi connectivity index (χ4n) is 3.56. The molecule has 3 unspecified atom stereocenters. The Hall–Kier alpha value is -1.30. The van der Waals surface area contributed by atoms with Gasteiger partial charge in [0.25, 0.3) is 0 Å². The summed E-state index contributed by atoms with van der Waals surface area (Å²) in [4.78, 5) is 25.5. The Bertz CT molecular complexity index is 405. The highest BCUT2D eigenvalue weighted by atomic mass is 16.4. The lowest BCUT2D eigenvalue weighted by atomic mass is 9.61. The van der Waals surface area contributed by atoms with E-state index in [9.17, 15) is 14.7 Å². The number of carbonyl (C=O) groups is 2. The molecule has 21 heavy (non-hydrogen) atoms. The predicted molar refractivity (Wildman–Crippen MR) is 80.1 cm³/mol. The molecule has 1 aliphatic carbocycles. The summed E-state index contributed by atoms with van der Waals surface area (Å²) in [5, 5.41) is 15.7. The van der Waals surface area contributed by atoms with Crippen LogP contribution in [-0.4, -0.2) is 54.2 Å². The Balaban J connectivity index is 1.98. The Labute approximate surface area is 126 Å². The molecule has 120 valence electrons. The van der Waals surface area contributed by atoms with Crippen LogP contribution in [0.4, 0.5) is 4.79 Å². The molecule has 1 saturated heterocycles. The molecule has 6 nitrogen and oxygen atoms in total. The summed E-state index contributed by atoms with van der Waals surface area (Å²) in [6, 6.07) is 0.0379. The number of rotatable bonds is 2. The number of hydrogen-bond donors (Lipinski definition) is 3. The molecule has 0 radical (unpaired) electrons. The van der Waals surface area contributed by atoms with Gasteiger partial charge in [0.15, 0.2) is 0 Å². The zero-order valence-corrected chi connectivity index (χ0v) is 13.2. The summed E-state index contributed by atoms with van der Waals surface area (Å²) in [5.41, 5.74) is -0.314. The van der Waals surface area contributed by atoms with Gasteiger partial charge in [-0.2, -0.15) is 0 Å². The Kier molecular flexibility index (Phi) is 4.76. The van der Waals surface area contributed by atoms with Crippen molar-refractivity contribution in [2.75, 3.05) is 26.2 Å². The number of carboxylic acid groups (broad SMARTS) is 1. The standard InChI is InChI=1S/C15H27N3O3/c1-10-12(5-4-11(13(19)20)15(10,2)3)17-14(21)18-8-6-16-7-9-18/h10-12,16H,4-9H2,1-3H3,(H,17,21)(H,19,20). The van der Waals surface area contributed by atoms with E-state index in [0.29, 0.717) is 6.42 Å². The van der Waals surface area contributed by atoms with Crippen LogP contribution in [0.3, 0.4) is 0 Å². The quantitative estimate of drug-likeness (QED) is 0.713. The van der Waals surface area contributed by atoms with E-state index in [1.165, 1.54) is 0 Å². The van der Waals surface area contributed by atoms with Crippen molar-refractivity contribution in [3.8, 4) is 0 Å². The number of aliphatic carboxylic acids is 1. The monoisotopic (exact) mass is 297 g/mol. The average molecular weight is 297 g/mol. The molecule has 2 rings (SSSR count). The van der Waals surface area contributed by atoms with Crippen LogP contribution < -0.4 is 10.6 Å². The number of urea groups is 1.